The zero-order valence-electron chi connectivity index (χ0n) is 13.4. The number of anilines is 1. The second-order valence-corrected chi connectivity index (χ2v) is 5.14. The van der Waals surface area contributed by atoms with Crippen molar-refractivity contribution >= 4 is 23.3 Å². The highest BCUT2D eigenvalue weighted by Gasteiger charge is 2.02. The molecule has 0 aliphatic heterocycles. The van der Waals surface area contributed by atoms with Crippen molar-refractivity contribution in [3.05, 3.63) is 64.9 Å². The molecule has 2 aromatic carbocycles. The summed E-state index contributed by atoms with van der Waals surface area (Å²) < 4.78 is 0. The Morgan fingerprint density at radius 3 is 2.12 bits per heavy atom. The van der Waals surface area contributed by atoms with Gasteiger partial charge in [-0.2, -0.15) is 10.3 Å². The van der Waals surface area contributed by atoms with Crippen LogP contribution in [-0.2, 0) is 0 Å². The molecule has 0 atom stereocenters. The van der Waals surface area contributed by atoms with E-state index in [2.05, 4.69) is 15.3 Å². The van der Waals surface area contributed by atoms with Crippen LogP contribution >= 0.6 is 0 Å². The average Bonchev–Trinajstić information content (AvgIpc) is 2.51. The van der Waals surface area contributed by atoms with Crippen molar-refractivity contribution in [1.29, 1.82) is 0 Å². The number of aliphatic imine (C=N–C) groups is 2. The summed E-state index contributed by atoms with van der Waals surface area (Å²) in [5, 5.41) is 21.7. The monoisotopic (exact) mass is 327 g/mol. The van der Waals surface area contributed by atoms with E-state index in [4.69, 9.17) is 10.9 Å². The van der Waals surface area contributed by atoms with E-state index in [1.54, 1.807) is 0 Å². The van der Waals surface area contributed by atoms with Crippen LogP contribution in [0.3, 0.4) is 0 Å². The number of nitrogens with zero attached hydrogens (tertiary/aromatic N) is 3. The first-order valence-electron chi connectivity index (χ1n) is 7.18. The quantitative estimate of drug-likeness (QED) is 0.390. The average molecular weight is 327 g/mol. The van der Waals surface area contributed by atoms with Gasteiger partial charge in [0.2, 0.25) is 11.9 Å². The summed E-state index contributed by atoms with van der Waals surface area (Å²) in [6.45, 7) is 3.96. The van der Waals surface area contributed by atoms with Gasteiger partial charge >= 0.3 is 0 Å². The lowest BCUT2D eigenvalue weighted by Gasteiger charge is -2.20. The molecule has 126 valence electrons. The van der Waals surface area contributed by atoms with Gasteiger partial charge in [-0.25, -0.2) is 4.99 Å². The Labute approximate surface area is 139 Å². The zero-order chi connectivity index (χ0) is 17.5. The molecule has 0 fully saturated rings. The van der Waals surface area contributed by atoms with Gasteiger partial charge in [-0.05, 0) is 38.1 Å². The Bertz CT molecular complexity index is 723. The molecule has 2 rings (SSSR count). The number of rotatable bonds is 3. The molecule has 8 heteroatoms. The van der Waals surface area contributed by atoms with E-state index in [1.165, 1.54) is 0 Å². The normalized spacial score (nSPS) is 12.4. The first-order chi connectivity index (χ1) is 11.4. The molecule has 0 bridgehead atoms. The van der Waals surface area contributed by atoms with Gasteiger partial charge in [0, 0.05) is 5.69 Å². The molecule has 0 aliphatic carbocycles. The van der Waals surface area contributed by atoms with E-state index in [9.17, 15) is 5.21 Å². The molecule has 5 N–H and O–H groups in total. The maximum atomic E-state index is 10.6. The van der Waals surface area contributed by atoms with Crippen molar-refractivity contribution in [2.75, 3.05) is 5.32 Å². The van der Waals surface area contributed by atoms with Crippen LogP contribution in [-0.4, -0.2) is 22.5 Å². The summed E-state index contributed by atoms with van der Waals surface area (Å²) in [5.74, 6) is -0.146. The summed E-state index contributed by atoms with van der Waals surface area (Å²) in [4.78, 5) is 8.33. The van der Waals surface area contributed by atoms with Crippen molar-refractivity contribution < 1.29 is 5.21 Å². The second-order valence-electron chi connectivity index (χ2n) is 5.14. The predicted octanol–water partition coefficient (Wildman–Crippen LogP) is 2.41. The van der Waals surface area contributed by atoms with Crippen molar-refractivity contribution in [1.82, 2.24) is 10.8 Å². The number of guanidine groups is 2. The number of hydrazine groups is 1. The molecule has 0 heterocycles. The molecule has 8 nitrogen and oxygen atoms in total. The van der Waals surface area contributed by atoms with Gasteiger partial charge in [0.25, 0.3) is 0 Å². The van der Waals surface area contributed by atoms with E-state index in [0.717, 1.165) is 16.8 Å². The minimum Gasteiger partial charge on any atom is -0.744 e. The minimum absolute atomic E-state index is 0.162. The van der Waals surface area contributed by atoms with E-state index in [0.29, 0.717) is 5.69 Å². The van der Waals surface area contributed by atoms with E-state index >= 15 is 0 Å². The molecule has 0 spiro atoms. The topological polar surface area (TPSA) is 121 Å². The second kappa shape index (κ2) is 8.06. The summed E-state index contributed by atoms with van der Waals surface area (Å²) >= 11 is 0. The van der Waals surface area contributed by atoms with Crippen LogP contribution in [0.15, 0.2) is 58.5 Å². The van der Waals surface area contributed by atoms with E-state index in [1.807, 2.05) is 67.8 Å². The first-order valence-corrected chi connectivity index (χ1v) is 7.18. The summed E-state index contributed by atoms with van der Waals surface area (Å²) in [6, 6.07) is 15.1. The highest BCUT2D eigenvalue weighted by atomic mass is 16.8. The maximum Gasteiger partial charge on any atom is 0.231 e. The Morgan fingerprint density at radius 2 is 1.58 bits per heavy atom. The number of aryl methyl sites for hydroxylation is 2. The zero-order valence-corrected chi connectivity index (χ0v) is 13.4. The van der Waals surface area contributed by atoms with Crippen molar-refractivity contribution in [3.8, 4) is 0 Å². The molecule has 0 amide bonds. The number of nitrogens with one attached hydrogen (secondary N) is 2. The number of hydrogen-bond acceptors (Lipinski definition) is 4. The third kappa shape index (κ3) is 5.69. The number of nitrogens with two attached hydrogens (primary N) is 1. The Kier molecular flexibility index (Phi) is 5.85. The van der Waals surface area contributed by atoms with Crippen LogP contribution in [0.1, 0.15) is 11.1 Å². The van der Waals surface area contributed by atoms with Gasteiger partial charge in [-0.15, -0.1) is 0 Å². The highest BCUT2D eigenvalue weighted by molar-refractivity contribution is 6.02. The van der Waals surface area contributed by atoms with Crippen LogP contribution in [0.2, 0.25) is 0 Å². The van der Waals surface area contributed by atoms with Crippen LogP contribution < -0.4 is 16.5 Å². The predicted molar refractivity (Wildman–Crippen MR) is 94.8 cm³/mol. The maximum absolute atomic E-state index is 10.6. The van der Waals surface area contributed by atoms with Crippen molar-refractivity contribution in [2.24, 2.45) is 15.7 Å². The number of benzene rings is 2. The third-order valence-electron chi connectivity index (χ3n) is 3.01. The Morgan fingerprint density at radius 1 is 1.04 bits per heavy atom. The molecule has 0 unspecified atom stereocenters. The van der Waals surface area contributed by atoms with E-state index < -0.39 is 5.34 Å². The van der Waals surface area contributed by atoms with Crippen LogP contribution in [0, 0.1) is 19.1 Å². The van der Waals surface area contributed by atoms with Crippen LogP contribution in [0.25, 0.3) is 0 Å². The SMILES string of the molecule is Cc1ccc(N=C(N=C(N)NN([O-])O)Nc2ccc(C)cc2)cc1. The molecule has 0 aliphatic rings. The van der Waals surface area contributed by atoms with Gasteiger partial charge in [0.05, 0.1) is 5.69 Å². The Hall–Kier alpha value is -2.94. The van der Waals surface area contributed by atoms with Gasteiger partial charge in [-0.1, -0.05) is 35.4 Å². The van der Waals surface area contributed by atoms with Crippen molar-refractivity contribution in [2.45, 2.75) is 13.8 Å². The van der Waals surface area contributed by atoms with Gasteiger partial charge in [0.15, 0.2) is 0 Å². The lowest BCUT2D eigenvalue weighted by molar-refractivity contribution is -0.0678. The Balaban J connectivity index is 2.29. The molecule has 24 heavy (non-hydrogen) atoms. The third-order valence-corrected chi connectivity index (χ3v) is 3.01. The van der Waals surface area contributed by atoms with Crippen LogP contribution in [0.4, 0.5) is 11.4 Å². The molecule has 0 saturated carbocycles. The van der Waals surface area contributed by atoms with Crippen molar-refractivity contribution in [3.63, 3.8) is 0 Å². The summed E-state index contributed by atoms with van der Waals surface area (Å²) in [6.07, 6.45) is 0. The standard InChI is InChI=1S/C16H19N6O2/c1-11-3-7-13(8-4-11)18-16(20-15(17)21-22(23)24)19-14-9-5-12(2)6-10-14/h3-10,23H,1-2H3,(H4,17,18,19,20,21)/q-1. The largest absolute Gasteiger partial charge is 0.744 e. The fourth-order valence-corrected chi connectivity index (χ4v) is 1.83. The van der Waals surface area contributed by atoms with Gasteiger partial charge in [-0.3, -0.25) is 5.43 Å². The molecule has 0 saturated heterocycles. The molecular formula is C16H19N6O2-. The fraction of sp³-hybridized carbons (Fsp3) is 0.125. The van der Waals surface area contributed by atoms with E-state index in [-0.39, 0.29) is 11.9 Å². The summed E-state index contributed by atoms with van der Waals surface area (Å²) in [7, 11) is 0. The molecule has 0 aromatic heterocycles. The van der Waals surface area contributed by atoms with Gasteiger partial charge < -0.3 is 21.5 Å². The van der Waals surface area contributed by atoms with Crippen LogP contribution in [0.5, 0.6) is 0 Å². The molecule has 0 radical (unpaired) electrons. The lowest BCUT2D eigenvalue weighted by atomic mass is 10.2. The smallest absolute Gasteiger partial charge is 0.231 e. The molecular weight excluding hydrogens is 308 g/mol. The summed E-state index contributed by atoms with van der Waals surface area (Å²) in [5.41, 5.74) is 11.1. The lowest BCUT2D eigenvalue weighted by Crippen LogP contribution is -2.41. The molecule has 2 aromatic rings. The van der Waals surface area contributed by atoms with Gasteiger partial charge in [0.1, 0.15) is 0 Å². The fourth-order valence-electron chi connectivity index (χ4n) is 1.83. The number of hydrogen-bond donors (Lipinski definition) is 4. The highest BCUT2D eigenvalue weighted by Crippen LogP contribution is 2.15. The minimum atomic E-state index is -0.534. The first kappa shape index (κ1) is 17.4.